The predicted molar refractivity (Wildman–Crippen MR) is 112 cm³/mol. The van der Waals surface area contributed by atoms with Crippen LogP contribution in [0.5, 0.6) is 5.88 Å². The molecule has 0 unspecified atom stereocenters. The molecule has 6 nitrogen and oxygen atoms in total. The van der Waals surface area contributed by atoms with E-state index >= 15 is 0 Å². The number of pyridine rings is 1. The first-order valence-corrected chi connectivity index (χ1v) is 9.56. The van der Waals surface area contributed by atoms with E-state index < -0.39 is 5.82 Å². The van der Waals surface area contributed by atoms with E-state index in [1.165, 1.54) is 30.5 Å². The fourth-order valence-electron chi connectivity index (χ4n) is 2.65. The minimum Gasteiger partial charge on any atom is -0.473 e. The van der Waals surface area contributed by atoms with Gasteiger partial charge in [-0.25, -0.2) is 9.37 Å². The Morgan fingerprint density at radius 1 is 0.967 bits per heavy atom. The summed E-state index contributed by atoms with van der Waals surface area (Å²) >= 11 is 0. The van der Waals surface area contributed by atoms with E-state index in [-0.39, 0.29) is 18.2 Å². The van der Waals surface area contributed by atoms with Crippen molar-refractivity contribution in [2.24, 2.45) is 0 Å². The molecule has 0 atom stereocenters. The maximum absolute atomic E-state index is 12.9. The first-order chi connectivity index (χ1) is 14.6. The number of carbonyl (C=O) groups is 2. The molecule has 2 amide bonds. The molecule has 7 heteroatoms. The quantitative estimate of drug-likeness (QED) is 0.527. The lowest BCUT2D eigenvalue weighted by atomic mass is 10.2. The lowest BCUT2D eigenvalue weighted by Crippen LogP contribution is -2.25. The number of amides is 2. The van der Waals surface area contributed by atoms with Gasteiger partial charge in [0.15, 0.2) is 0 Å². The average Bonchev–Trinajstić information content (AvgIpc) is 2.77. The van der Waals surface area contributed by atoms with Gasteiger partial charge in [-0.3, -0.25) is 9.59 Å². The highest BCUT2D eigenvalue weighted by Crippen LogP contribution is 2.14. The Hall–Kier alpha value is -3.74. The Labute approximate surface area is 174 Å². The molecule has 0 radical (unpaired) electrons. The minimum absolute atomic E-state index is 0.175. The van der Waals surface area contributed by atoms with E-state index in [1.807, 2.05) is 30.3 Å². The fourth-order valence-corrected chi connectivity index (χ4v) is 2.65. The molecule has 1 aromatic heterocycles. The molecule has 0 saturated heterocycles. The third-order valence-corrected chi connectivity index (χ3v) is 4.22. The summed E-state index contributed by atoms with van der Waals surface area (Å²) in [7, 11) is 0. The van der Waals surface area contributed by atoms with Gasteiger partial charge in [0, 0.05) is 24.6 Å². The summed E-state index contributed by atoms with van der Waals surface area (Å²) in [5.74, 6) is -0.398. The van der Waals surface area contributed by atoms with Crippen molar-refractivity contribution in [3.63, 3.8) is 0 Å². The van der Waals surface area contributed by atoms with Gasteiger partial charge < -0.3 is 15.4 Å². The number of ether oxygens (including phenoxy) is 1. The van der Waals surface area contributed by atoms with Gasteiger partial charge in [-0.05, 0) is 42.3 Å². The first kappa shape index (κ1) is 21.0. The zero-order valence-electron chi connectivity index (χ0n) is 16.3. The van der Waals surface area contributed by atoms with Crippen LogP contribution in [-0.2, 0) is 11.4 Å². The highest BCUT2D eigenvalue weighted by atomic mass is 19.1. The highest BCUT2D eigenvalue weighted by molar-refractivity contribution is 5.94. The van der Waals surface area contributed by atoms with Gasteiger partial charge in [0.05, 0.1) is 11.9 Å². The Morgan fingerprint density at radius 2 is 1.73 bits per heavy atom. The van der Waals surface area contributed by atoms with Crippen LogP contribution in [0.1, 0.15) is 28.8 Å². The van der Waals surface area contributed by atoms with E-state index in [0.29, 0.717) is 36.7 Å². The van der Waals surface area contributed by atoms with Crippen LogP contribution < -0.4 is 15.4 Å². The summed E-state index contributed by atoms with van der Waals surface area (Å²) < 4.78 is 18.5. The summed E-state index contributed by atoms with van der Waals surface area (Å²) in [6.07, 6.45) is 2.26. The van der Waals surface area contributed by atoms with Gasteiger partial charge in [-0.1, -0.05) is 30.3 Å². The number of rotatable bonds is 9. The van der Waals surface area contributed by atoms with Crippen molar-refractivity contribution >= 4 is 17.5 Å². The van der Waals surface area contributed by atoms with Crippen LogP contribution in [0, 0.1) is 5.82 Å². The van der Waals surface area contributed by atoms with Crippen LogP contribution in [0.25, 0.3) is 0 Å². The van der Waals surface area contributed by atoms with Gasteiger partial charge in [-0.2, -0.15) is 0 Å². The van der Waals surface area contributed by atoms with Crippen LogP contribution in [0.3, 0.4) is 0 Å². The van der Waals surface area contributed by atoms with Crippen molar-refractivity contribution in [1.82, 2.24) is 10.3 Å². The Balaban J connectivity index is 1.35. The normalized spacial score (nSPS) is 10.3. The molecule has 0 spiro atoms. The third-order valence-electron chi connectivity index (χ3n) is 4.22. The molecule has 0 saturated carbocycles. The van der Waals surface area contributed by atoms with Crippen LogP contribution in [0.15, 0.2) is 72.9 Å². The molecule has 154 valence electrons. The predicted octanol–water partition coefficient (Wildman–Crippen LogP) is 3.95. The van der Waals surface area contributed by atoms with Crippen LogP contribution in [-0.4, -0.2) is 23.3 Å². The van der Waals surface area contributed by atoms with E-state index in [1.54, 1.807) is 12.1 Å². The molecule has 1 heterocycles. The molecular formula is C23H22FN3O3. The van der Waals surface area contributed by atoms with Crippen molar-refractivity contribution in [1.29, 1.82) is 0 Å². The Bertz CT molecular complexity index is 961. The lowest BCUT2D eigenvalue weighted by molar-refractivity contribution is -0.116. The van der Waals surface area contributed by atoms with E-state index in [0.717, 1.165) is 5.56 Å². The molecule has 0 aliphatic heterocycles. The largest absolute Gasteiger partial charge is 0.473 e. The second kappa shape index (κ2) is 10.7. The van der Waals surface area contributed by atoms with Crippen LogP contribution in [0.2, 0.25) is 0 Å². The standard InChI is InChI=1S/C23H22FN3O3/c24-19-10-8-18(9-11-19)23(29)25-14-4-7-21(28)27-20-12-13-22(26-15-20)30-16-17-5-2-1-3-6-17/h1-3,5-6,8-13,15H,4,7,14,16H2,(H,25,29)(H,27,28). The fraction of sp³-hybridized carbons (Fsp3) is 0.174. The molecule has 30 heavy (non-hydrogen) atoms. The molecule has 0 aliphatic carbocycles. The Morgan fingerprint density at radius 3 is 2.43 bits per heavy atom. The molecule has 2 N–H and O–H groups in total. The number of nitrogens with zero attached hydrogens (tertiary/aromatic N) is 1. The van der Waals surface area contributed by atoms with Gasteiger partial charge in [-0.15, -0.1) is 0 Å². The molecule has 2 aromatic carbocycles. The first-order valence-electron chi connectivity index (χ1n) is 9.56. The Kier molecular flexibility index (Phi) is 7.49. The SMILES string of the molecule is O=C(CCCNC(=O)c1ccc(F)cc1)Nc1ccc(OCc2ccccc2)nc1. The number of carbonyl (C=O) groups excluding carboxylic acids is 2. The van der Waals surface area contributed by atoms with Crippen molar-refractivity contribution in [3.05, 3.63) is 89.9 Å². The summed E-state index contributed by atoms with van der Waals surface area (Å²) in [5.41, 5.74) is 1.99. The minimum atomic E-state index is -0.395. The molecule has 0 fully saturated rings. The maximum Gasteiger partial charge on any atom is 0.251 e. The number of nitrogens with one attached hydrogen (secondary N) is 2. The monoisotopic (exact) mass is 407 g/mol. The summed E-state index contributed by atoms with van der Waals surface area (Å²) in [6, 6.07) is 18.5. The van der Waals surface area contributed by atoms with Crippen LogP contribution in [0.4, 0.5) is 10.1 Å². The van der Waals surface area contributed by atoms with E-state index in [4.69, 9.17) is 4.74 Å². The average molecular weight is 407 g/mol. The smallest absolute Gasteiger partial charge is 0.251 e. The lowest BCUT2D eigenvalue weighted by Gasteiger charge is -2.08. The molecular weight excluding hydrogens is 385 g/mol. The van der Waals surface area contributed by atoms with Crippen LogP contribution >= 0.6 is 0 Å². The summed E-state index contributed by atoms with van der Waals surface area (Å²) in [6.45, 7) is 0.761. The topological polar surface area (TPSA) is 80.3 Å². The van der Waals surface area contributed by atoms with Crippen molar-refractivity contribution in [2.75, 3.05) is 11.9 Å². The number of hydrogen-bond acceptors (Lipinski definition) is 4. The number of hydrogen-bond donors (Lipinski definition) is 2. The number of aromatic nitrogens is 1. The van der Waals surface area contributed by atoms with E-state index in [9.17, 15) is 14.0 Å². The molecule has 0 bridgehead atoms. The third kappa shape index (κ3) is 6.70. The maximum atomic E-state index is 12.9. The van der Waals surface area contributed by atoms with Crippen molar-refractivity contribution < 1.29 is 18.7 Å². The van der Waals surface area contributed by atoms with Gasteiger partial charge in [0.2, 0.25) is 11.8 Å². The van der Waals surface area contributed by atoms with Gasteiger partial charge >= 0.3 is 0 Å². The van der Waals surface area contributed by atoms with Gasteiger partial charge in [0.1, 0.15) is 12.4 Å². The highest BCUT2D eigenvalue weighted by Gasteiger charge is 2.07. The second-order valence-electron chi connectivity index (χ2n) is 6.57. The molecule has 0 aliphatic rings. The zero-order chi connectivity index (χ0) is 21.2. The molecule has 3 aromatic rings. The number of halogens is 1. The molecule has 3 rings (SSSR count). The van der Waals surface area contributed by atoms with Gasteiger partial charge in [0.25, 0.3) is 5.91 Å². The van der Waals surface area contributed by atoms with E-state index in [2.05, 4.69) is 15.6 Å². The zero-order valence-corrected chi connectivity index (χ0v) is 16.3. The van der Waals surface area contributed by atoms with Crippen molar-refractivity contribution in [2.45, 2.75) is 19.4 Å². The number of benzene rings is 2. The summed E-state index contributed by atoms with van der Waals surface area (Å²) in [5, 5.41) is 5.46. The van der Waals surface area contributed by atoms with Crippen molar-refractivity contribution in [3.8, 4) is 5.88 Å². The summed E-state index contributed by atoms with van der Waals surface area (Å²) in [4.78, 5) is 28.1. The second-order valence-corrected chi connectivity index (χ2v) is 6.57. The number of anilines is 1.